The third-order valence-corrected chi connectivity index (χ3v) is 2.67. The van der Waals surface area contributed by atoms with Gasteiger partial charge in [-0.05, 0) is 13.1 Å². The van der Waals surface area contributed by atoms with Crippen LogP contribution in [0.15, 0.2) is 23.0 Å². The van der Waals surface area contributed by atoms with Crippen molar-refractivity contribution in [2.45, 2.75) is 17.5 Å². The third-order valence-electron chi connectivity index (χ3n) is 1.86. The highest BCUT2D eigenvalue weighted by molar-refractivity contribution is 9.09. The lowest BCUT2D eigenvalue weighted by atomic mass is 10.3. The lowest BCUT2D eigenvalue weighted by Crippen LogP contribution is -2.34. The number of furan rings is 1. The van der Waals surface area contributed by atoms with E-state index in [4.69, 9.17) is 4.42 Å². The van der Waals surface area contributed by atoms with Crippen LogP contribution in [0.2, 0.25) is 0 Å². The molecule has 0 saturated heterocycles. The van der Waals surface area contributed by atoms with E-state index in [1.807, 2.05) is 0 Å². The van der Waals surface area contributed by atoms with Crippen LogP contribution in [-0.4, -0.2) is 29.5 Å². The molecule has 86 valence electrons. The molecule has 1 heterocycles. The number of hydrogen-bond donors (Lipinski definition) is 0. The zero-order chi connectivity index (χ0) is 11.5. The highest BCUT2D eigenvalue weighted by Crippen LogP contribution is 2.27. The molecule has 0 saturated carbocycles. The van der Waals surface area contributed by atoms with Gasteiger partial charge >= 0.3 is 6.18 Å². The quantitative estimate of drug-likeness (QED) is 0.791. The fourth-order valence-corrected chi connectivity index (χ4v) is 1.63. The highest BCUT2D eigenvalue weighted by atomic mass is 79.9. The summed E-state index contributed by atoms with van der Waals surface area (Å²) in [6.45, 7) is 0.351. The maximum atomic E-state index is 12.2. The Morgan fingerprint density at radius 3 is 2.67 bits per heavy atom. The minimum absolute atomic E-state index is 0.0886. The first-order valence-electron chi connectivity index (χ1n) is 4.30. The summed E-state index contributed by atoms with van der Waals surface area (Å²) in [7, 11) is 1.63. The van der Waals surface area contributed by atoms with Crippen LogP contribution in [0.25, 0.3) is 0 Å². The average Bonchev–Trinajstić information content (AvgIpc) is 2.54. The highest BCUT2D eigenvalue weighted by Gasteiger charge is 2.38. The van der Waals surface area contributed by atoms with Gasteiger partial charge in [0.05, 0.1) is 12.5 Å². The van der Waals surface area contributed by atoms with Crippen LogP contribution in [-0.2, 0) is 6.54 Å². The molecule has 0 aliphatic heterocycles. The van der Waals surface area contributed by atoms with E-state index in [-0.39, 0.29) is 6.54 Å². The standard InChI is InChI=1S/C9H11BrF3NO/c1-14(4-7-2-3-15-6-7)5-8(10)9(11,12)13/h2-3,6,8H,4-5H2,1H3. The average molecular weight is 286 g/mol. The van der Waals surface area contributed by atoms with Crippen molar-refractivity contribution >= 4 is 15.9 Å². The van der Waals surface area contributed by atoms with Gasteiger partial charge in [-0.2, -0.15) is 13.2 Å². The Hall–Kier alpha value is -0.490. The molecule has 15 heavy (non-hydrogen) atoms. The van der Waals surface area contributed by atoms with E-state index >= 15 is 0 Å². The maximum absolute atomic E-state index is 12.2. The SMILES string of the molecule is CN(Cc1ccoc1)CC(Br)C(F)(F)F. The topological polar surface area (TPSA) is 16.4 Å². The fourth-order valence-electron chi connectivity index (χ4n) is 1.14. The molecule has 0 aliphatic rings. The molecule has 6 heteroatoms. The summed E-state index contributed by atoms with van der Waals surface area (Å²) >= 11 is 2.61. The van der Waals surface area contributed by atoms with Crippen LogP contribution >= 0.6 is 15.9 Å². The Kier molecular flexibility index (Phi) is 4.21. The van der Waals surface area contributed by atoms with E-state index in [1.54, 1.807) is 18.0 Å². The van der Waals surface area contributed by atoms with Crippen LogP contribution in [0, 0.1) is 0 Å². The van der Waals surface area contributed by atoms with Gasteiger partial charge < -0.3 is 9.32 Å². The number of halogens is 4. The summed E-state index contributed by atoms with van der Waals surface area (Å²) < 4.78 is 41.4. The van der Waals surface area contributed by atoms with Crippen molar-refractivity contribution in [2.75, 3.05) is 13.6 Å². The van der Waals surface area contributed by atoms with Gasteiger partial charge in [-0.3, -0.25) is 0 Å². The predicted octanol–water partition coefficient (Wildman–Crippen LogP) is 3.04. The number of rotatable bonds is 4. The first kappa shape index (κ1) is 12.6. The third kappa shape index (κ3) is 4.25. The number of alkyl halides is 4. The van der Waals surface area contributed by atoms with E-state index in [0.29, 0.717) is 6.54 Å². The maximum Gasteiger partial charge on any atom is 0.402 e. The molecule has 1 aromatic heterocycles. The molecule has 0 aliphatic carbocycles. The van der Waals surface area contributed by atoms with Gasteiger partial charge in [0.25, 0.3) is 0 Å². The van der Waals surface area contributed by atoms with Crippen molar-refractivity contribution in [3.63, 3.8) is 0 Å². The molecule has 0 bridgehead atoms. The van der Waals surface area contributed by atoms with Gasteiger partial charge in [-0.25, -0.2) is 0 Å². The Morgan fingerprint density at radius 2 is 2.20 bits per heavy atom. The van der Waals surface area contributed by atoms with Crippen molar-refractivity contribution < 1.29 is 17.6 Å². The second kappa shape index (κ2) is 5.03. The molecule has 1 aromatic rings. The van der Waals surface area contributed by atoms with Gasteiger partial charge in [0.2, 0.25) is 0 Å². The summed E-state index contributed by atoms with van der Waals surface area (Å²) in [6, 6.07) is 1.73. The number of nitrogens with zero attached hydrogens (tertiary/aromatic N) is 1. The van der Waals surface area contributed by atoms with Crippen LogP contribution in [0.4, 0.5) is 13.2 Å². The molecular weight excluding hydrogens is 275 g/mol. The lowest BCUT2D eigenvalue weighted by Gasteiger charge is -2.21. The summed E-state index contributed by atoms with van der Waals surface area (Å²) in [5, 5.41) is 0. The Morgan fingerprint density at radius 1 is 1.53 bits per heavy atom. The normalized spacial score (nSPS) is 14.5. The molecule has 0 amide bonds. The van der Waals surface area contributed by atoms with Gasteiger partial charge in [0.15, 0.2) is 0 Å². The van der Waals surface area contributed by atoms with E-state index in [1.165, 1.54) is 12.5 Å². The van der Waals surface area contributed by atoms with E-state index in [0.717, 1.165) is 5.56 Å². The second-order valence-corrected chi connectivity index (χ2v) is 4.44. The van der Waals surface area contributed by atoms with Crippen molar-refractivity contribution in [3.8, 4) is 0 Å². The van der Waals surface area contributed by atoms with Crippen molar-refractivity contribution in [2.24, 2.45) is 0 Å². The molecule has 1 rings (SSSR count). The van der Waals surface area contributed by atoms with Crippen LogP contribution in [0.1, 0.15) is 5.56 Å². The van der Waals surface area contributed by atoms with E-state index < -0.39 is 11.0 Å². The molecular formula is C9H11BrF3NO. The van der Waals surface area contributed by atoms with Crippen molar-refractivity contribution in [3.05, 3.63) is 24.2 Å². The molecule has 0 radical (unpaired) electrons. The smallest absolute Gasteiger partial charge is 0.402 e. The van der Waals surface area contributed by atoms with Crippen LogP contribution in [0.5, 0.6) is 0 Å². The zero-order valence-electron chi connectivity index (χ0n) is 8.09. The minimum atomic E-state index is -4.20. The molecule has 0 spiro atoms. The molecule has 0 aromatic carbocycles. The van der Waals surface area contributed by atoms with Crippen molar-refractivity contribution in [1.82, 2.24) is 4.90 Å². The zero-order valence-corrected chi connectivity index (χ0v) is 9.68. The first-order chi connectivity index (χ1) is 6.89. The largest absolute Gasteiger partial charge is 0.472 e. The van der Waals surface area contributed by atoms with Crippen LogP contribution in [0.3, 0.4) is 0 Å². The molecule has 2 nitrogen and oxygen atoms in total. The fraction of sp³-hybridized carbons (Fsp3) is 0.556. The Bertz CT molecular complexity index is 286. The molecule has 0 N–H and O–H groups in total. The van der Waals surface area contributed by atoms with Gasteiger partial charge in [-0.15, -0.1) is 0 Å². The van der Waals surface area contributed by atoms with Gasteiger partial charge in [0, 0.05) is 18.7 Å². The first-order valence-corrected chi connectivity index (χ1v) is 5.21. The predicted molar refractivity (Wildman–Crippen MR) is 53.8 cm³/mol. The minimum Gasteiger partial charge on any atom is -0.472 e. The summed E-state index contributed by atoms with van der Waals surface area (Å²) in [5.74, 6) is 0. The van der Waals surface area contributed by atoms with E-state index in [2.05, 4.69) is 15.9 Å². The molecule has 0 fully saturated rings. The van der Waals surface area contributed by atoms with Gasteiger partial charge in [0.1, 0.15) is 4.83 Å². The van der Waals surface area contributed by atoms with Crippen LogP contribution < -0.4 is 0 Å². The molecule has 1 atom stereocenters. The van der Waals surface area contributed by atoms with E-state index in [9.17, 15) is 13.2 Å². The summed E-state index contributed by atoms with van der Waals surface area (Å²) in [4.78, 5) is 0.0829. The number of hydrogen-bond acceptors (Lipinski definition) is 2. The van der Waals surface area contributed by atoms with Crippen molar-refractivity contribution in [1.29, 1.82) is 0 Å². The van der Waals surface area contributed by atoms with Gasteiger partial charge in [-0.1, -0.05) is 15.9 Å². The Labute approximate surface area is 94.2 Å². The molecule has 1 unspecified atom stereocenters. The monoisotopic (exact) mass is 285 g/mol. The Balaban J connectivity index is 2.39. The summed E-state index contributed by atoms with van der Waals surface area (Å²) in [5.41, 5.74) is 0.861. The lowest BCUT2D eigenvalue weighted by molar-refractivity contribution is -0.130. The summed E-state index contributed by atoms with van der Waals surface area (Å²) in [6.07, 6.45) is -1.18. The second-order valence-electron chi connectivity index (χ2n) is 3.34.